The van der Waals surface area contributed by atoms with Gasteiger partial charge in [0.15, 0.2) is 6.29 Å². The van der Waals surface area contributed by atoms with Crippen molar-refractivity contribution in [2.24, 2.45) is 17.4 Å². The molecular weight excluding hydrogens is 246 g/mol. The fourth-order valence-corrected chi connectivity index (χ4v) is 2.03. The monoisotopic (exact) mass is 273 g/mol. The molecule has 112 valence electrons. The van der Waals surface area contributed by atoms with Gasteiger partial charge in [-0.3, -0.25) is 4.79 Å². The number of nitrogens with one attached hydrogen (secondary N) is 1. The summed E-state index contributed by atoms with van der Waals surface area (Å²) in [6, 6.07) is -0.693. The number of carbonyl (C=O) groups excluding carboxylic acids is 1. The molecule has 1 saturated heterocycles. The number of ether oxygens (including phenoxy) is 1. The third-order valence-electron chi connectivity index (χ3n) is 3.75. The molecule has 5 atom stereocenters. The summed E-state index contributed by atoms with van der Waals surface area (Å²) >= 11 is 0. The molecule has 6 heteroatoms. The molecule has 0 aromatic rings. The average Bonchev–Trinajstić information content (AvgIpc) is 3.12. The zero-order chi connectivity index (χ0) is 14.4. The van der Waals surface area contributed by atoms with E-state index in [0.717, 1.165) is 25.7 Å². The first-order chi connectivity index (χ1) is 9.01. The van der Waals surface area contributed by atoms with E-state index in [1.165, 1.54) is 0 Å². The predicted octanol–water partition coefficient (Wildman–Crippen LogP) is -0.309. The molecule has 6 N–H and O–H groups in total. The molecule has 1 aliphatic heterocycles. The van der Waals surface area contributed by atoms with E-state index in [1.807, 2.05) is 13.8 Å². The van der Waals surface area contributed by atoms with Gasteiger partial charge >= 0.3 is 0 Å². The molecule has 0 bridgehead atoms. The van der Waals surface area contributed by atoms with Crippen LogP contribution < -0.4 is 16.8 Å². The summed E-state index contributed by atoms with van der Waals surface area (Å²) in [6.45, 7) is 4.58. The summed E-state index contributed by atoms with van der Waals surface area (Å²) in [5.74, 6) is -0.0375. The Bertz CT molecular complexity index is 288. The molecule has 1 amide bonds. The fraction of sp³-hybridized carbons (Fsp3) is 0.923. The van der Waals surface area contributed by atoms with Gasteiger partial charge in [-0.2, -0.15) is 0 Å². The molecule has 1 heterocycles. The number of nitrogens with two attached hydrogens (primary N) is 2. The number of epoxide rings is 1. The van der Waals surface area contributed by atoms with Gasteiger partial charge in [-0.15, -0.1) is 0 Å². The van der Waals surface area contributed by atoms with E-state index in [2.05, 4.69) is 5.32 Å². The van der Waals surface area contributed by atoms with Crippen LogP contribution in [0.3, 0.4) is 0 Å². The maximum Gasteiger partial charge on any atom is 0.237 e. The molecule has 1 rings (SSSR count). The van der Waals surface area contributed by atoms with Crippen molar-refractivity contribution >= 4 is 5.91 Å². The molecule has 0 saturated carbocycles. The van der Waals surface area contributed by atoms with Crippen molar-refractivity contribution in [3.8, 4) is 0 Å². The summed E-state index contributed by atoms with van der Waals surface area (Å²) in [7, 11) is 0. The van der Waals surface area contributed by atoms with Crippen molar-refractivity contribution in [2.75, 3.05) is 6.54 Å². The van der Waals surface area contributed by atoms with Crippen LogP contribution in [0.1, 0.15) is 39.5 Å². The molecule has 0 radical (unpaired) electrons. The maximum atomic E-state index is 12.0. The summed E-state index contributed by atoms with van der Waals surface area (Å²) < 4.78 is 5.05. The SMILES string of the molecule is CCC(C)C(N)C(=O)NC(CCCCN)C1OC1O. The van der Waals surface area contributed by atoms with Gasteiger partial charge in [-0.25, -0.2) is 0 Å². The molecule has 0 aromatic heterocycles. The number of unbranched alkanes of at least 4 members (excludes halogenated alkanes) is 1. The van der Waals surface area contributed by atoms with Crippen LogP contribution in [0.25, 0.3) is 0 Å². The van der Waals surface area contributed by atoms with Crippen LogP contribution in [0.5, 0.6) is 0 Å². The molecule has 5 unspecified atom stereocenters. The van der Waals surface area contributed by atoms with Crippen molar-refractivity contribution in [3.05, 3.63) is 0 Å². The van der Waals surface area contributed by atoms with Gasteiger partial charge in [0.2, 0.25) is 5.91 Å². The van der Waals surface area contributed by atoms with Gasteiger partial charge in [-0.05, 0) is 25.3 Å². The minimum atomic E-state index is -0.761. The molecule has 19 heavy (non-hydrogen) atoms. The normalized spacial score (nSPS) is 26.6. The Balaban J connectivity index is 2.45. The fourth-order valence-electron chi connectivity index (χ4n) is 2.03. The number of carbonyl (C=O) groups is 1. The van der Waals surface area contributed by atoms with Crippen molar-refractivity contribution in [3.63, 3.8) is 0 Å². The van der Waals surface area contributed by atoms with Crippen molar-refractivity contribution in [2.45, 2.75) is 64.0 Å². The molecule has 1 aliphatic rings. The van der Waals surface area contributed by atoms with Gasteiger partial charge in [0.25, 0.3) is 0 Å². The third-order valence-corrected chi connectivity index (χ3v) is 3.75. The van der Waals surface area contributed by atoms with E-state index in [0.29, 0.717) is 6.54 Å². The Labute approximate surface area is 114 Å². The topological polar surface area (TPSA) is 114 Å². The Morgan fingerprint density at radius 2 is 2.11 bits per heavy atom. The lowest BCUT2D eigenvalue weighted by Crippen LogP contribution is -2.50. The van der Waals surface area contributed by atoms with Crippen LogP contribution >= 0.6 is 0 Å². The van der Waals surface area contributed by atoms with E-state index >= 15 is 0 Å². The first-order valence-corrected chi connectivity index (χ1v) is 7.10. The lowest BCUT2D eigenvalue weighted by Gasteiger charge is -2.22. The smallest absolute Gasteiger partial charge is 0.237 e. The molecule has 0 spiro atoms. The summed E-state index contributed by atoms with van der Waals surface area (Å²) in [6.07, 6.45) is 2.33. The Kier molecular flexibility index (Phi) is 6.71. The third kappa shape index (κ3) is 5.06. The van der Waals surface area contributed by atoms with Gasteiger partial charge in [0.05, 0.1) is 12.1 Å². The number of aliphatic hydroxyl groups is 1. The highest BCUT2D eigenvalue weighted by molar-refractivity contribution is 5.82. The average molecular weight is 273 g/mol. The number of hydrogen-bond acceptors (Lipinski definition) is 5. The molecule has 1 fully saturated rings. The highest BCUT2D eigenvalue weighted by Crippen LogP contribution is 2.25. The first-order valence-electron chi connectivity index (χ1n) is 7.10. The van der Waals surface area contributed by atoms with Crippen molar-refractivity contribution in [1.82, 2.24) is 5.32 Å². The van der Waals surface area contributed by atoms with Crippen molar-refractivity contribution in [1.29, 1.82) is 0 Å². The molecule has 0 aliphatic carbocycles. The van der Waals surface area contributed by atoms with Gasteiger partial charge in [-0.1, -0.05) is 26.7 Å². The summed E-state index contributed by atoms with van der Waals surface area (Å²) in [5, 5.41) is 12.2. The predicted molar refractivity (Wildman–Crippen MR) is 73.1 cm³/mol. The van der Waals surface area contributed by atoms with E-state index in [4.69, 9.17) is 16.2 Å². The van der Waals surface area contributed by atoms with Crippen molar-refractivity contribution < 1.29 is 14.6 Å². The Hall–Kier alpha value is -0.690. The first kappa shape index (κ1) is 16.4. The lowest BCUT2D eigenvalue weighted by molar-refractivity contribution is -0.124. The summed E-state index contributed by atoms with van der Waals surface area (Å²) in [5.41, 5.74) is 11.3. The number of hydrogen-bond donors (Lipinski definition) is 4. The number of aliphatic hydroxyl groups excluding tert-OH is 1. The zero-order valence-corrected chi connectivity index (χ0v) is 11.8. The lowest BCUT2D eigenvalue weighted by atomic mass is 9.98. The van der Waals surface area contributed by atoms with E-state index in [-0.39, 0.29) is 24.0 Å². The van der Waals surface area contributed by atoms with Crippen LogP contribution in [0.15, 0.2) is 0 Å². The van der Waals surface area contributed by atoms with E-state index < -0.39 is 12.3 Å². The van der Waals surface area contributed by atoms with E-state index in [1.54, 1.807) is 0 Å². The van der Waals surface area contributed by atoms with E-state index in [9.17, 15) is 9.90 Å². The molecule has 0 aromatic carbocycles. The second kappa shape index (κ2) is 7.79. The van der Waals surface area contributed by atoms with Gasteiger partial charge in [0.1, 0.15) is 6.10 Å². The number of rotatable bonds is 9. The molecular formula is C13H27N3O3. The minimum Gasteiger partial charge on any atom is -0.366 e. The van der Waals surface area contributed by atoms with Crippen LogP contribution in [-0.2, 0) is 9.53 Å². The highest BCUT2D eigenvalue weighted by atomic mass is 16.7. The maximum absolute atomic E-state index is 12.0. The quantitative estimate of drug-likeness (QED) is 0.340. The zero-order valence-electron chi connectivity index (χ0n) is 11.8. The summed E-state index contributed by atoms with van der Waals surface area (Å²) in [4.78, 5) is 12.0. The van der Waals surface area contributed by atoms with Gasteiger partial charge in [0, 0.05) is 0 Å². The number of amides is 1. The second-order valence-electron chi connectivity index (χ2n) is 5.30. The largest absolute Gasteiger partial charge is 0.366 e. The standard InChI is InChI=1S/C13H27N3O3/c1-3-8(2)10(15)12(17)16-9(6-4-5-7-14)11-13(18)19-11/h8-11,13,18H,3-7,14-15H2,1-2H3,(H,16,17). The molecule has 6 nitrogen and oxygen atoms in total. The van der Waals surface area contributed by atoms with Crippen LogP contribution in [-0.4, -0.2) is 42.0 Å². The Morgan fingerprint density at radius 1 is 1.47 bits per heavy atom. The Morgan fingerprint density at radius 3 is 2.58 bits per heavy atom. The van der Waals surface area contributed by atoms with Crippen LogP contribution in [0, 0.1) is 5.92 Å². The highest BCUT2D eigenvalue weighted by Gasteiger charge is 2.44. The van der Waals surface area contributed by atoms with Gasteiger partial charge < -0.3 is 26.6 Å². The van der Waals surface area contributed by atoms with Crippen LogP contribution in [0.2, 0.25) is 0 Å². The van der Waals surface area contributed by atoms with Crippen LogP contribution in [0.4, 0.5) is 0 Å². The second-order valence-corrected chi connectivity index (χ2v) is 5.30. The minimum absolute atomic E-state index is 0.134.